The number of hydrogen-bond acceptors (Lipinski definition) is 5. The monoisotopic (exact) mass is 459 g/mol. The van der Waals surface area contributed by atoms with Crippen LogP contribution >= 0.6 is 0 Å². The Hall–Kier alpha value is -3.69. The summed E-state index contributed by atoms with van der Waals surface area (Å²) in [6.07, 6.45) is -0.00661. The van der Waals surface area contributed by atoms with Gasteiger partial charge in [0.05, 0.1) is 12.5 Å². The van der Waals surface area contributed by atoms with Gasteiger partial charge in [0.25, 0.3) is 0 Å². The molecule has 10 heteroatoms. The van der Waals surface area contributed by atoms with Crippen LogP contribution in [0.1, 0.15) is 13.3 Å². The molecule has 0 spiro atoms. The van der Waals surface area contributed by atoms with E-state index in [1.165, 1.54) is 15.9 Å². The number of likely N-dealkylation sites (N-methyl/N-ethyl adjacent to an activating group) is 1. The van der Waals surface area contributed by atoms with Crippen molar-refractivity contribution in [2.24, 2.45) is 5.92 Å². The molecule has 2 aromatic carbocycles. The van der Waals surface area contributed by atoms with Crippen LogP contribution in [-0.4, -0.2) is 55.5 Å². The van der Waals surface area contributed by atoms with E-state index >= 15 is 0 Å². The number of fused-ring (bicyclic) bond motifs is 1. The zero-order valence-electron chi connectivity index (χ0n) is 18.0. The lowest BCUT2D eigenvalue weighted by Crippen LogP contribution is -2.42. The average molecular weight is 459 g/mol. The minimum absolute atomic E-state index is 0.00661. The summed E-state index contributed by atoms with van der Waals surface area (Å²) in [6.45, 7) is 2.51. The summed E-state index contributed by atoms with van der Waals surface area (Å²) in [5, 5.41) is 2.18. The molecule has 0 saturated carbocycles. The Morgan fingerprint density at radius 3 is 2.52 bits per heavy atom. The molecule has 0 aromatic heterocycles. The predicted octanol–water partition coefficient (Wildman–Crippen LogP) is 2.58. The van der Waals surface area contributed by atoms with E-state index in [0.29, 0.717) is 30.4 Å². The molecule has 1 fully saturated rings. The van der Waals surface area contributed by atoms with Crippen LogP contribution in [0.15, 0.2) is 36.4 Å². The fourth-order valence-corrected chi connectivity index (χ4v) is 3.90. The van der Waals surface area contributed by atoms with Crippen molar-refractivity contribution in [2.75, 3.05) is 43.1 Å². The minimum atomic E-state index is -0.908. The minimum Gasteiger partial charge on any atom is -0.486 e. The zero-order valence-corrected chi connectivity index (χ0v) is 18.0. The number of anilines is 2. The van der Waals surface area contributed by atoms with Gasteiger partial charge in [0.1, 0.15) is 30.5 Å². The Morgan fingerprint density at radius 1 is 1.12 bits per heavy atom. The molecular formula is C23H23F2N3O5. The Morgan fingerprint density at radius 2 is 1.82 bits per heavy atom. The van der Waals surface area contributed by atoms with Gasteiger partial charge in [-0.25, -0.2) is 8.78 Å². The second-order valence-electron chi connectivity index (χ2n) is 7.73. The summed E-state index contributed by atoms with van der Waals surface area (Å²) in [6, 6.07) is 8.39. The quantitative estimate of drug-likeness (QED) is 0.718. The molecule has 0 bridgehead atoms. The first-order valence-corrected chi connectivity index (χ1v) is 10.6. The van der Waals surface area contributed by atoms with Crippen LogP contribution in [0, 0.1) is 17.6 Å². The maximum Gasteiger partial charge on any atom is 0.244 e. The lowest BCUT2D eigenvalue weighted by atomic mass is 10.1. The number of carbonyl (C=O) groups is 3. The van der Waals surface area contributed by atoms with Gasteiger partial charge >= 0.3 is 0 Å². The van der Waals surface area contributed by atoms with Crippen LogP contribution in [0.4, 0.5) is 20.2 Å². The van der Waals surface area contributed by atoms with E-state index < -0.39 is 35.7 Å². The van der Waals surface area contributed by atoms with Gasteiger partial charge in [0.15, 0.2) is 11.5 Å². The standard InChI is InChI=1S/C23H23F2N3O5/c1-2-27(13-20(29)26-22-16(24)4-3-5-17(22)25)23(31)14-10-21(30)28(12-14)15-6-7-18-19(11-15)33-9-8-32-18/h3-7,11,14H,2,8-10,12-13H2,1H3,(H,26,29)/t14-/m0/s1. The molecule has 174 valence electrons. The van der Waals surface area contributed by atoms with Gasteiger partial charge in [-0.15, -0.1) is 0 Å². The molecule has 1 atom stereocenters. The summed E-state index contributed by atoms with van der Waals surface area (Å²) >= 11 is 0. The fraction of sp³-hybridized carbons (Fsp3) is 0.348. The molecular weight excluding hydrogens is 436 g/mol. The number of hydrogen-bond donors (Lipinski definition) is 1. The van der Waals surface area contributed by atoms with Gasteiger partial charge in [-0.3, -0.25) is 14.4 Å². The highest BCUT2D eigenvalue weighted by Crippen LogP contribution is 2.36. The Labute approximate surface area is 189 Å². The van der Waals surface area contributed by atoms with Crippen LogP contribution in [0.5, 0.6) is 11.5 Å². The van der Waals surface area contributed by atoms with Crippen LogP contribution in [0.2, 0.25) is 0 Å². The largest absolute Gasteiger partial charge is 0.486 e. The first-order chi connectivity index (χ1) is 15.9. The molecule has 0 unspecified atom stereocenters. The molecule has 0 aliphatic carbocycles. The number of para-hydroxylation sites is 1. The molecule has 2 aliphatic heterocycles. The van der Waals surface area contributed by atoms with Crippen molar-refractivity contribution in [3.8, 4) is 11.5 Å². The number of nitrogens with one attached hydrogen (secondary N) is 1. The third-order valence-corrected chi connectivity index (χ3v) is 5.57. The summed E-state index contributed by atoms with van der Waals surface area (Å²) in [7, 11) is 0. The molecule has 1 N–H and O–H groups in total. The van der Waals surface area contributed by atoms with Crippen LogP contribution < -0.4 is 19.7 Å². The SMILES string of the molecule is CCN(CC(=O)Nc1c(F)cccc1F)C(=O)[C@H]1CC(=O)N(c2ccc3c(c2)OCCO3)C1. The van der Waals surface area contributed by atoms with Crippen molar-refractivity contribution >= 4 is 29.1 Å². The van der Waals surface area contributed by atoms with E-state index in [0.717, 1.165) is 12.1 Å². The van der Waals surface area contributed by atoms with E-state index in [1.807, 2.05) is 0 Å². The van der Waals surface area contributed by atoms with Gasteiger partial charge in [0, 0.05) is 31.3 Å². The number of halogens is 2. The Kier molecular flexibility index (Phi) is 6.43. The van der Waals surface area contributed by atoms with E-state index in [4.69, 9.17) is 9.47 Å². The highest BCUT2D eigenvalue weighted by molar-refractivity contribution is 6.01. The lowest BCUT2D eigenvalue weighted by Gasteiger charge is -2.24. The molecule has 0 radical (unpaired) electrons. The average Bonchev–Trinajstić information content (AvgIpc) is 3.20. The predicted molar refractivity (Wildman–Crippen MR) is 115 cm³/mol. The van der Waals surface area contributed by atoms with Crippen molar-refractivity contribution in [1.82, 2.24) is 4.90 Å². The summed E-state index contributed by atoms with van der Waals surface area (Å²) in [5.41, 5.74) is 0.0298. The normalized spacial score (nSPS) is 17.1. The number of nitrogens with zero attached hydrogens (tertiary/aromatic N) is 2. The summed E-state index contributed by atoms with van der Waals surface area (Å²) in [5.74, 6) is -2.67. The second-order valence-corrected chi connectivity index (χ2v) is 7.73. The van der Waals surface area contributed by atoms with Crippen molar-refractivity contribution in [2.45, 2.75) is 13.3 Å². The van der Waals surface area contributed by atoms with Gasteiger partial charge in [-0.2, -0.15) is 0 Å². The third-order valence-electron chi connectivity index (χ3n) is 5.57. The number of amides is 3. The van der Waals surface area contributed by atoms with Crippen molar-refractivity contribution in [3.63, 3.8) is 0 Å². The molecule has 4 rings (SSSR count). The van der Waals surface area contributed by atoms with Gasteiger partial charge < -0.3 is 24.6 Å². The van der Waals surface area contributed by atoms with Gasteiger partial charge in [-0.05, 0) is 31.2 Å². The maximum absolute atomic E-state index is 13.8. The first-order valence-electron chi connectivity index (χ1n) is 10.6. The molecule has 33 heavy (non-hydrogen) atoms. The number of rotatable bonds is 6. The molecule has 2 aromatic rings. The summed E-state index contributed by atoms with van der Waals surface area (Å²) < 4.78 is 38.6. The molecule has 2 aliphatic rings. The van der Waals surface area contributed by atoms with Crippen LogP contribution in [0.3, 0.4) is 0 Å². The van der Waals surface area contributed by atoms with Crippen molar-refractivity contribution in [1.29, 1.82) is 0 Å². The molecule has 2 heterocycles. The van der Waals surface area contributed by atoms with Crippen molar-refractivity contribution in [3.05, 3.63) is 48.0 Å². The third kappa shape index (κ3) is 4.74. The molecule has 1 saturated heterocycles. The number of benzene rings is 2. The van der Waals surface area contributed by atoms with E-state index in [9.17, 15) is 23.2 Å². The zero-order chi connectivity index (χ0) is 23.5. The Bertz CT molecular complexity index is 1070. The maximum atomic E-state index is 13.8. The van der Waals surface area contributed by atoms with Gasteiger partial charge in [-0.1, -0.05) is 6.07 Å². The van der Waals surface area contributed by atoms with Crippen molar-refractivity contribution < 1.29 is 32.6 Å². The smallest absolute Gasteiger partial charge is 0.244 e. The topological polar surface area (TPSA) is 88.2 Å². The van der Waals surface area contributed by atoms with E-state index in [1.54, 1.807) is 25.1 Å². The Balaban J connectivity index is 1.41. The fourth-order valence-electron chi connectivity index (χ4n) is 3.90. The van der Waals surface area contributed by atoms with Crippen LogP contribution in [0.25, 0.3) is 0 Å². The molecule has 8 nitrogen and oxygen atoms in total. The number of carbonyl (C=O) groups excluding carboxylic acids is 3. The highest BCUT2D eigenvalue weighted by atomic mass is 19.1. The first kappa shape index (κ1) is 22.5. The molecule has 3 amide bonds. The summed E-state index contributed by atoms with van der Waals surface area (Å²) in [4.78, 5) is 40.8. The highest BCUT2D eigenvalue weighted by Gasteiger charge is 2.37. The van der Waals surface area contributed by atoms with Crippen LogP contribution in [-0.2, 0) is 14.4 Å². The van der Waals surface area contributed by atoms with Gasteiger partial charge in [0.2, 0.25) is 17.7 Å². The lowest BCUT2D eigenvalue weighted by molar-refractivity contribution is -0.138. The van der Waals surface area contributed by atoms with E-state index in [2.05, 4.69) is 5.32 Å². The van der Waals surface area contributed by atoms with E-state index in [-0.39, 0.29) is 31.3 Å². The second kappa shape index (κ2) is 9.43. The number of ether oxygens (including phenoxy) is 2.